The van der Waals surface area contributed by atoms with Crippen molar-refractivity contribution in [1.29, 1.82) is 0 Å². The van der Waals surface area contributed by atoms with Crippen LogP contribution in [0.5, 0.6) is 0 Å². The van der Waals surface area contributed by atoms with Crippen LogP contribution in [0.2, 0.25) is 0 Å². The van der Waals surface area contributed by atoms with Crippen molar-refractivity contribution in [2.24, 2.45) is 0 Å². The number of aromatic nitrogens is 6. The summed E-state index contributed by atoms with van der Waals surface area (Å²) in [6.07, 6.45) is -14.1. The molecule has 0 amide bonds. The number of halogens is 9. The molecule has 22 heteroatoms. The fourth-order valence-corrected chi connectivity index (χ4v) is 10.8. The third kappa shape index (κ3) is 13.7. The predicted molar refractivity (Wildman–Crippen MR) is 346 cm³/mol. The minimum atomic E-state index is -4.69. The van der Waals surface area contributed by atoms with E-state index in [9.17, 15) is 39.5 Å². The van der Waals surface area contributed by atoms with Crippen molar-refractivity contribution < 1.29 is 73.3 Å². The molecule has 3 aromatic heterocycles. The van der Waals surface area contributed by atoms with Crippen molar-refractivity contribution in [2.75, 3.05) is 21.1 Å². The summed E-state index contributed by atoms with van der Waals surface area (Å²) >= 11 is 0. The van der Waals surface area contributed by atoms with E-state index < -0.39 is 36.0 Å². The molecule has 3 aliphatic heterocycles. The number of hydrogen-bond donors (Lipinski definition) is 0. The Bertz CT molecular complexity index is 4640. The molecule has 0 radical (unpaired) electrons. The van der Waals surface area contributed by atoms with Gasteiger partial charge in [0.25, 0.3) is 0 Å². The molecule has 0 atom stereocenters. The maximum atomic E-state index is 13.6. The van der Waals surface area contributed by atoms with Gasteiger partial charge >= 0.3 is 91.2 Å². The van der Waals surface area contributed by atoms with E-state index in [1.807, 2.05) is 109 Å². The summed E-state index contributed by atoms with van der Waals surface area (Å²) in [6.45, 7) is 0. The molecule has 9 aromatic carbocycles. The van der Waals surface area contributed by atoms with E-state index in [0.29, 0.717) is 50.8 Å². The molecule has 0 N–H and O–H groups in total. The Kier molecular flexibility index (Phi) is 18.2. The first kappa shape index (κ1) is 65.4. The summed E-state index contributed by atoms with van der Waals surface area (Å²) in [4.78, 5) is 23.2. The molecule has 0 saturated heterocycles. The Morgan fingerprint density at radius 3 is 0.691 bits per heavy atom. The van der Waals surface area contributed by atoms with Gasteiger partial charge in [0, 0.05) is 16.7 Å². The van der Waals surface area contributed by atoms with Crippen LogP contribution in [0, 0.1) is 18.2 Å². The van der Waals surface area contributed by atoms with Crippen molar-refractivity contribution in [3.05, 3.63) is 272 Å². The van der Waals surface area contributed by atoms with E-state index in [4.69, 9.17) is 0 Å². The number of hydrogen-bond acceptors (Lipinski definition) is 6. The molecule has 97 heavy (non-hydrogen) atoms. The first-order chi connectivity index (χ1) is 46.2. The van der Waals surface area contributed by atoms with Gasteiger partial charge in [-0.25, -0.2) is 15.0 Å². The topological polar surface area (TPSA) is 95.4 Å². The Labute approximate surface area is 562 Å². The number of alkyl halides is 9. The summed E-state index contributed by atoms with van der Waals surface area (Å²) < 4.78 is 132. The predicted octanol–water partition coefficient (Wildman–Crippen LogP) is 17.8. The van der Waals surface area contributed by atoms with E-state index in [2.05, 4.69) is 66.1 Å². The van der Waals surface area contributed by atoms with Crippen LogP contribution in [0.1, 0.15) is 17.5 Å². The van der Waals surface area contributed by atoms with Gasteiger partial charge in [-0.15, -0.1) is 34.9 Å². The van der Waals surface area contributed by atoms with Gasteiger partial charge in [0.1, 0.15) is 17.1 Å². The molecule has 12 aromatic rings. The van der Waals surface area contributed by atoms with Gasteiger partial charge in [0.2, 0.25) is 17.5 Å². The number of benzene rings is 9. The normalized spacial score (nSPS) is 12.7. The Morgan fingerprint density at radius 2 is 0.495 bits per heavy atom. The van der Waals surface area contributed by atoms with Crippen LogP contribution in [0.15, 0.2) is 237 Å². The van der Waals surface area contributed by atoms with Crippen LogP contribution in [-0.2, 0) is 38.6 Å². The molecule has 12 nitrogen and oxygen atoms in total. The molecular weight excluding hydrogens is 1430 g/mol. The van der Waals surface area contributed by atoms with E-state index in [1.165, 1.54) is 13.7 Å². The van der Waals surface area contributed by atoms with Crippen LogP contribution in [0.25, 0.3) is 67.2 Å². The third-order valence-corrected chi connectivity index (χ3v) is 15.3. The van der Waals surface area contributed by atoms with E-state index in [1.54, 1.807) is 162 Å². The number of rotatable bonds is 9. The fraction of sp³-hybridized carbons (Fsp3) is 0.0800. The average molecular weight is 1480 g/mol. The first-order valence-corrected chi connectivity index (χ1v) is 29.5. The van der Waals surface area contributed by atoms with Gasteiger partial charge in [-0.3, -0.25) is 0 Å². The summed E-state index contributed by atoms with van der Waals surface area (Å²) in [5, 5.41) is 0. The largest absolute Gasteiger partial charge is 3.00 e. The zero-order valence-corrected chi connectivity index (χ0v) is 53.5. The quantitative estimate of drug-likeness (QED) is 0.0812. The monoisotopic (exact) mass is 1480 g/mol. The maximum absolute atomic E-state index is 13.6. The second-order valence-corrected chi connectivity index (χ2v) is 21.8. The average Bonchev–Trinajstić information content (AvgIpc) is 1.66. The standard InChI is InChI=1S/3C25H16F3N4.Ir/c3*1-31-16-32(20-14-12-18(13-15-20)17-8-4-2-5-9-17)23-22(31)21(19-10-6-3-7-11-19)29-24(30-23)25(26,27)28;/h3*2-14H,1H3;/q3*+1;+3. The van der Waals surface area contributed by atoms with Gasteiger partial charge in [-0.2, -0.15) is 90.9 Å². The molecule has 0 unspecified atom stereocenters. The van der Waals surface area contributed by atoms with Gasteiger partial charge in [0.15, 0.2) is 38.2 Å². The molecular formula is C75H48F9IrN12+6. The fourth-order valence-electron chi connectivity index (χ4n) is 10.8. The summed E-state index contributed by atoms with van der Waals surface area (Å²) in [5.41, 5.74) is 11.1. The molecule has 0 spiro atoms. The molecule has 15 rings (SSSR count). The SMILES string of the molecule is C[N+]1=C=[N+](c2[c-]cc(-c3ccccc3)cc2)c2nc(C(F)(F)F)nc(-c3ccccc3)c21.C[N+]1=C=[N+](c2[c-]cc(-c3ccccc3)cc2)c2nc(C(F)(F)F)nc(-c3ccccc3)c21.C[N+]1=C=[N+](c2[c-]cc(-c3ccccc3)cc2)c2nc(C(F)(F)F)nc(-c3ccccc3)c21.[Ir+3]. The summed E-state index contributed by atoms with van der Waals surface area (Å²) in [7, 11) is 5.13. The molecule has 0 bridgehead atoms. The van der Waals surface area contributed by atoms with Crippen molar-refractivity contribution in [2.45, 2.75) is 18.5 Å². The Hall–Kier alpha value is -11.6. The van der Waals surface area contributed by atoms with E-state index in [-0.39, 0.29) is 54.6 Å². The van der Waals surface area contributed by atoms with Crippen LogP contribution in [0.4, 0.5) is 91.1 Å². The molecule has 3 aliphatic rings. The van der Waals surface area contributed by atoms with Crippen molar-refractivity contribution in [3.8, 4) is 67.2 Å². The molecule has 0 saturated carbocycles. The van der Waals surface area contributed by atoms with Crippen LogP contribution >= 0.6 is 0 Å². The van der Waals surface area contributed by atoms with Gasteiger partial charge in [-0.05, 0) is 0 Å². The molecule has 0 aliphatic carbocycles. The van der Waals surface area contributed by atoms with Gasteiger partial charge in [0.05, 0.1) is 0 Å². The van der Waals surface area contributed by atoms with E-state index >= 15 is 0 Å². The zero-order chi connectivity index (χ0) is 66.9. The Morgan fingerprint density at radius 1 is 0.278 bits per heavy atom. The number of nitrogens with zero attached hydrogens (tertiary/aromatic N) is 12. The Balaban J connectivity index is 0.000000138. The molecule has 6 heterocycles. The maximum Gasteiger partial charge on any atom is 3.00 e. The minimum Gasteiger partial charge on any atom is -0.217 e. The smallest absolute Gasteiger partial charge is 0.217 e. The second kappa shape index (κ2) is 27.0. The van der Waals surface area contributed by atoms with Crippen molar-refractivity contribution in [1.82, 2.24) is 43.6 Å². The minimum absolute atomic E-state index is 0. The number of fused-ring (bicyclic) bond motifs is 3. The van der Waals surface area contributed by atoms with Gasteiger partial charge in [-0.1, -0.05) is 244 Å². The van der Waals surface area contributed by atoms with Crippen LogP contribution in [-0.4, -0.2) is 82.8 Å². The van der Waals surface area contributed by atoms with Crippen molar-refractivity contribution >= 4 is 69.6 Å². The summed E-state index contributed by atoms with van der Waals surface area (Å²) in [5.74, 6) is -3.26. The van der Waals surface area contributed by atoms with Crippen molar-refractivity contribution in [3.63, 3.8) is 0 Å². The van der Waals surface area contributed by atoms with E-state index in [0.717, 1.165) is 33.4 Å². The summed E-state index contributed by atoms with van der Waals surface area (Å²) in [6, 6.07) is 90.7. The first-order valence-electron chi connectivity index (χ1n) is 29.5. The van der Waals surface area contributed by atoms with Crippen LogP contribution in [0.3, 0.4) is 0 Å². The zero-order valence-electron chi connectivity index (χ0n) is 51.1. The van der Waals surface area contributed by atoms with Gasteiger partial charge < -0.3 is 0 Å². The third-order valence-electron chi connectivity index (χ3n) is 15.3. The second-order valence-electron chi connectivity index (χ2n) is 21.8. The molecule has 0 fully saturated rings. The van der Waals surface area contributed by atoms with Crippen LogP contribution < -0.4 is 13.7 Å². The molecule has 474 valence electrons.